The average molecular weight is 485 g/mol. The summed E-state index contributed by atoms with van der Waals surface area (Å²) in [4.78, 5) is 11.5. The molecule has 27 heavy (non-hydrogen) atoms. The van der Waals surface area contributed by atoms with Crippen molar-refractivity contribution >= 4 is 35.8 Å². The van der Waals surface area contributed by atoms with Gasteiger partial charge in [0.05, 0.1) is 0 Å². The van der Waals surface area contributed by atoms with E-state index < -0.39 is 0 Å². The molecule has 0 amide bonds. The zero-order valence-corrected chi connectivity index (χ0v) is 19.2. The first-order valence-electron chi connectivity index (χ1n) is 10.4. The van der Waals surface area contributed by atoms with Crippen molar-refractivity contribution in [1.29, 1.82) is 0 Å². The van der Waals surface area contributed by atoms with Crippen LogP contribution in [0.15, 0.2) is 23.3 Å². The monoisotopic (exact) mass is 485 g/mol. The Balaban J connectivity index is 0.00000261. The van der Waals surface area contributed by atoms with Crippen LogP contribution in [-0.4, -0.2) is 37.1 Å². The summed E-state index contributed by atoms with van der Waals surface area (Å²) in [7, 11) is 1.86. The number of hydrogen-bond donors (Lipinski definition) is 2. The largest absolute Gasteiger partial charge is 0.357 e. The molecule has 152 valence electrons. The number of guanidine groups is 1. The Hall–Kier alpha value is -1.05. The topological polar surface area (TPSA) is 52.6 Å². The SMILES string of the molecule is CN=C(NCc1ccnc(N2CCCCCC2)c1)NC1CCCC(C)C1.I. The lowest BCUT2D eigenvalue weighted by molar-refractivity contribution is 0.324. The van der Waals surface area contributed by atoms with Crippen LogP contribution in [0.1, 0.15) is 63.9 Å². The second kappa shape index (κ2) is 11.7. The molecule has 2 unspecified atom stereocenters. The lowest BCUT2D eigenvalue weighted by atomic mass is 9.87. The first-order valence-corrected chi connectivity index (χ1v) is 10.4. The van der Waals surface area contributed by atoms with Crippen molar-refractivity contribution in [3.8, 4) is 0 Å². The molecular formula is C21H36IN5. The van der Waals surface area contributed by atoms with Crippen LogP contribution in [0.4, 0.5) is 5.82 Å². The number of anilines is 1. The molecule has 2 N–H and O–H groups in total. The van der Waals surface area contributed by atoms with Crippen molar-refractivity contribution in [2.24, 2.45) is 10.9 Å². The fourth-order valence-electron chi connectivity index (χ4n) is 4.18. The molecular weight excluding hydrogens is 449 g/mol. The van der Waals surface area contributed by atoms with Gasteiger partial charge in [-0.25, -0.2) is 4.98 Å². The van der Waals surface area contributed by atoms with Gasteiger partial charge in [-0.3, -0.25) is 4.99 Å². The Bertz CT molecular complexity index is 584. The minimum atomic E-state index is 0. The Labute approximate surface area is 181 Å². The van der Waals surface area contributed by atoms with Crippen molar-refractivity contribution in [1.82, 2.24) is 15.6 Å². The number of pyridine rings is 1. The summed E-state index contributed by atoms with van der Waals surface area (Å²) in [5.74, 6) is 2.85. The van der Waals surface area contributed by atoms with Gasteiger partial charge in [-0.05, 0) is 49.3 Å². The Morgan fingerprint density at radius 2 is 1.96 bits per heavy atom. The van der Waals surface area contributed by atoms with Crippen molar-refractivity contribution in [2.45, 2.75) is 70.9 Å². The molecule has 1 aromatic rings. The maximum absolute atomic E-state index is 4.61. The van der Waals surface area contributed by atoms with Crippen LogP contribution in [0, 0.1) is 5.92 Å². The highest BCUT2D eigenvalue weighted by Crippen LogP contribution is 2.23. The lowest BCUT2D eigenvalue weighted by Gasteiger charge is -2.29. The van der Waals surface area contributed by atoms with E-state index >= 15 is 0 Å². The summed E-state index contributed by atoms with van der Waals surface area (Å²) in [6.45, 7) is 5.40. The third-order valence-corrected chi connectivity index (χ3v) is 5.70. The number of nitrogens with one attached hydrogen (secondary N) is 2. The Morgan fingerprint density at radius 1 is 1.19 bits per heavy atom. The number of aromatic nitrogens is 1. The van der Waals surface area contributed by atoms with Crippen LogP contribution in [0.25, 0.3) is 0 Å². The molecule has 3 rings (SSSR count). The van der Waals surface area contributed by atoms with E-state index in [2.05, 4.69) is 44.6 Å². The van der Waals surface area contributed by atoms with Crippen LogP contribution in [0.3, 0.4) is 0 Å². The molecule has 2 fully saturated rings. The molecule has 0 bridgehead atoms. The van der Waals surface area contributed by atoms with E-state index in [1.54, 1.807) is 0 Å². The maximum Gasteiger partial charge on any atom is 0.191 e. The highest BCUT2D eigenvalue weighted by molar-refractivity contribution is 14.0. The molecule has 1 aromatic heterocycles. The highest BCUT2D eigenvalue weighted by atomic mass is 127. The van der Waals surface area contributed by atoms with E-state index in [0.29, 0.717) is 6.04 Å². The average Bonchev–Trinajstić information content (AvgIpc) is 2.95. The van der Waals surface area contributed by atoms with Gasteiger partial charge in [-0.2, -0.15) is 0 Å². The zero-order valence-electron chi connectivity index (χ0n) is 16.9. The van der Waals surface area contributed by atoms with Crippen LogP contribution in [-0.2, 0) is 6.54 Å². The van der Waals surface area contributed by atoms with Gasteiger partial charge in [-0.15, -0.1) is 24.0 Å². The van der Waals surface area contributed by atoms with E-state index in [4.69, 9.17) is 0 Å². The number of halogens is 1. The van der Waals surface area contributed by atoms with E-state index in [1.165, 1.54) is 56.9 Å². The van der Waals surface area contributed by atoms with Gasteiger partial charge < -0.3 is 15.5 Å². The zero-order chi connectivity index (χ0) is 18.2. The maximum atomic E-state index is 4.61. The van der Waals surface area contributed by atoms with E-state index in [-0.39, 0.29) is 24.0 Å². The van der Waals surface area contributed by atoms with Crippen molar-refractivity contribution in [3.05, 3.63) is 23.9 Å². The van der Waals surface area contributed by atoms with Gasteiger partial charge in [0.1, 0.15) is 5.82 Å². The van der Waals surface area contributed by atoms with Gasteiger partial charge in [0.2, 0.25) is 0 Å². The number of rotatable bonds is 4. The summed E-state index contributed by atoms with van der Waals surface area (Å²) in [5.41, 5.74) is 1.26. The van der Waals surface area contributed by atoms with E-state index in [0.717, 1.165) is 37.3 Å². The molecule has 2 aliphatic rings. The van der Waals surface area contributed by atoms with Crippen LogP contribution in [0.2, 0.25) is 0 Å². The Morgan fingerprint density at radius 3 is 2.67 bits per heavy atom. The molecule has 1 saturated heterocycles. The summed E-state index contributed by atoms with van der Waals surface area (Å²) >= 11 is 0. The van der Waals surface area contributed by atoms with E-state index in [1.807, 2.05) is 13.2 Å². The second-order valence-corrected chi connectivity index (χ2v) is 7.96. The highest BCUT2D eigenvalue weighted by Gasteiger charge is 2.19. The predicted molar refractivity (Wildman–Crippen MR) is 125 cm³/mol. The minimum Gasteiger partial charge on any atom is -0.357 e. The second-order valence-electron chi connectivity index (χ2n) is 7.96. The van der Waals surface area contributed by atoms with Crippen LogP contribution < -0.4 is 15.5 Å². The smallest absolute Gasteiger partial charge is 0.191 e. The quantitative estimate of drug-likeness (QED) is 0.379. The number of hydrogen-bond acceptors (Lipinski definition) is 3. The van der Waals surface area contributed by atoms with Crippen LogP contribution in [0.5, 0.6) is 0 Å². The Kier molecular flexibility index (Phi) is 9.65. The van der Waals surface area contributed by atoms with Crippen molar-refractivity contribution in [2.75, 3.05) is 25.0 Å². The predicted octanol–water partition coefficient (Wildman–Crippen LogP) is 4.32. The summed E-state index contributed by atoms with van der Waals surface area (Å²) in [6, 6.07) is 4.88. The van der Waals surface area contributed by atoms with Crippen LogP contribution >= 0.6 is 24.0 Å². The van der Waals surface area contributed by atoms with E-state index in [9.17, 15) is 0 Å². The summed E-state index contributed by atoms with van der Waals surface area (Å²) in [6.07, 6.45) is 12.4. The van der Waals surface area contributed by atoms with Gasteiger partial charge in [0.25, 0.3) is 0 Å². The molecule has 2 atom stereocenters. The molecule has 0 radical (unpaired) electrons. The van der Waals surface area contributed by atoms with Crippen molar-refractivity contribution in [3.63, 3.8) is 0 Å². The van der Waals surface area contributed by atoms with Crippen molar-refractivity contribution < 1.29 is 0 Å². The third kappa shape index (κ3) is 7.12. The van der Waals surface area contributed by atoms with Gasteiger partial charge in [0, 0.05) is 38.9 Å². The number of nitrogens with zero attached hydrogens (tertiary/aromatic N) is 3. The molecule has 1 aliphatic heterocycles. The molecule has 5 nitrogen and oxygen atoms in total. The first-order chi connectivity index (χ1) is 12.7. The number of aliphatic imine (C=N–C) groups is 1. The minimum absolute atomic E-state index is 0. The molecule has 0 aromatic carbocycles. The van der Waals surface area contributed by atoms with Gasteiger partial charge in [-0.1, -0.05) is 32.6 Å². The molecule has 6 heteroatoms. The molecule has 1 aliphatic carbocycles. The first kappa shape index (κ1) is 22.2. The fourth-order valence-corrected chi connectivity index (χ4v) is 4.18. The molecule has 0 spiro atoms. The third-order valence-electron chi connectivity index (χ3n) is 5.70. The van der Waals surface area contributed by atoms with Gasteiger partial charge in [0.15, 0.2) is 5.96 Å². The summed E-state index contributed by atoms with van der Waals surface area (Å²) < 4.78 is 0. The fraction of sp³-hybridized carbons (Fsp3) is 0.714. The van der Waals surface area contributed by atoms with Gasteiger partial charge >= 0.3 is 0 Å². The standard InChI is InChI=1S/C21H35N5.HI/c1-17-8-7-9-19(14-17)25-21(22-2)24-16-18-10-11-23-20(15-18)26-12-5-3-4-6-13-26;/h10-11,15,17,19H,3-9,12-14,16H2,1-2H3,(H2,22,24,25);1H. The molecule has 1 saturated carbocycles. The normalized spacial score (nSPS) is 23.9. The molecule has 2 heterocycles. The lowest BCUT2D eigenvalue weighted by Crippen LogP contribution is -2.44. The summed E-state index contributed by atoms with van der Waals surface area (Å²) in [5, 5.41) is 7.09.